The summed E-state index contributed by atoms with van der Waals surface area (Å²) in [5.41, 5.74) is 4.64. The van der Waals surface area contributed by atoms with Crippen LogP contribution in [0.1, 0.15) is 5.56 Å². The number of nitrogens with zero attached hydrogens (tertiary/aromatic N) is 1. The first kappa shape index (κ1) is 9.98. The SMILES string of the molecule is CN1C[NH+](Cc2ccccc2)C([S-])N1. The molecule has 0 amide bonds. The van der Waals surface area contributed by atoms with Gasteiger partial charge in [-0.25, -0.2) is 5.43 Å². The molecule has 2 unspecified atom stereocenters. The lowest BCUT2D eigenvalue weighted by Crippen LogP contribution is -3.13. The van der Waals surface area contributed by atoms with Gasteiger partial charge in [0.25, 0.3) is 0 Å². The zero-order valence-corrected chi connectivity index (χ0v) is 9.05. The van der Waals surface area contributed by atoms with Crippen LogP contribution in [0.2, 0.25) is 0 Å². The molecular weight excluding hydrogens is 194 g/mol. The first-order valence-electron chi connectivity index (χ1n) is 4.77. The predicted molar refractivity (Wildman–Crippen MR) is 58.0 cm³/mol. The van der Waals surface area contributed by atoms with Crippen LogP contribution in [0.4, 0.5) is 0 Å². The molecule has 2 atom stereocenters. The Morgan fingerprint density at radius 2 is 2.21 bits per heavy atom. The summed E-state index contributed by atoms with van der Waals surface area (Å²) >= 11 is 5.31. The van der Waals surface area contributed by atoms with Crippen LogP contribution >= 0.6 is 0 Å². The van der Waals surface area contributed by atoms with E-state index in [1.807, 2.05) is 13.1 Å². The van der Waals surface area contributed by atoms with Crippen LogP contribution in [0.3, 0.4) is 0 Å². The number of rotatable bonds is 2. The average Bonchev–Trinajstić information content (AvgIpc) is 2.47. The van der Waals surface area contributed by atoms with Gasteiger partial charge in [0, 0.05) is 18.1 Å². The Balaban J connectivity index is 1.98. The molecule has 4 heteroatoms. The summed E-state index contributed by atoms with van der Waals surface area (Å²) in [4.78, 5) is 1.38. The van der Waals surface area contributed by atoms with Crippen LogP contribution in [-0.2, 0) is 19.2 Å². The maximum Gasteiger partial charge on any atom is 0.145 e. The Kier molecular flexibility index (Phi) is 3.08. The van der Waals surface area contributed by atoms with E-state index in [1.54, 1.807) is 0 Å². The van der Waals surface area contributed by atoms with Crippen molar-refractivity contribution in [2.45, 2.75) is 12.0 Å². The zero-order valence-electron chi connectivity index (χ0n) is 8.23. The average molecular weight is 209 g/mol. The van der Waals surface area contributed by atoms with E-state index in [-0.39, 0.29) is 5.50 Å². The molecule has 3 nitrogen and oxygen atoms in total. The van der Waals surface area contributed by atoms with Gasteiger partial charge in [0.2, 0.25) is 0 Å². The number of quaternary nitrogens is 1. The van der Waals surface area contributed by atoms with Gasteiger partial charge in [0.1, 0.15) is 13.2 Å². The lowest BCUT2D eigenvalue weighted by atomic mass is 10.2. The van der Waals surface area contributed by atoms with Crippen LogP contribution in [0.25, 0.3) is 0 Å². The molecule has 14 heavy (non-hydrogen) atoms. The summed E-state index contributed by atoms with van der Waals surface area (Å²) in [6, 6.07) is 10.5. The minimum absolute atomic E-state index is 0.0974. The summed E-state index contributed by atoms with van der Waals surface area (Å²) in [5.74, 6) is 0. The highest BCUT2D eigenvalue weighted by molar-refractivity contribution is 7.59. The van der Waals surface area contributed by atoms with Crippen LogP contribution in [-0.4, -0.2) is 24.2 Å². The second kappa shape index (κ2) is 4.31. The number of benzene rings is 1. The molecular formula is C10H15N3S. The number of nitrogens with one attached hydrogen (secondary N) is 2. The standard InChI is InChI=1S/C10H15N3S/c1-12-8-13(10(14)11-12)7-9-5-3-2-4-6-9/h2-6,10-11,14H,7-8H2,1H3. The Morgan fingerprint density at radius 3 is 2.79 bits per heavy atom. The Hall–Kier alpha value is -0.550. The molecule has 1 aromatic carbocycles. The molecule has 1 fully saturated rings. The van der Waals surface area contributed by atoms with E-state index in [0.717, 1.165) is 13.2 Å². The third-order valence-corrected chi connectivity index (χ3v) is 2.86. The van der Waals surface area contributed by atoms with E-state index in [1.165, 1.54) is 10.5 Å². The highest BCUT2D eigenvalue weighted by Crippen LogP contribution is 1.96. The minimum atomic E-state index is 0.0974. The largest absolute Gasteiger partial charge is 0.709 e. The molecule has 2 N–H and O–H groups in total. The van der Waals surface area contributed by atoms with Gasteiger partial charge in [0.05, 0.1) is 0 Å². The molecule has 0 saturated carbocycles. The van der Waals surface area contributed by atoms with E-state index >= 15 is 0 Å². The molecule has 1 aliphatic heterocycles. The van der Waals surface area contributed by atoms with Gasteiger partial charge >= 0.3 is 0 Å². The molecule has 1 saturated heterocycles. The van der Waals surface area contributed by atoms with E-state index in [2.05, 4.69) is 34.7 Å². The summed E-state index contributed by atoms with van der Waals surface area (Å²) in [5, 5.41) is 2.05. The molecule has 0 aromatic heterocycles. The fraction of sp³-hybridized carbons (Fsp3) is 0.400. The van der Waals surface area contributed by atoms with Crippen LogP contribution < -0.4 is 10.3 Å². The van der Waals surface area contributed by atoms with Gasteiger partial charge in [-0.15, -0.1) is 0 Å². The number of hydrogen-bond acceptors (Lipinski definition) is 3. The minimum Gasteiger partial charge on any atom is -0.709 e. The number of hydrogen-bond donors (Lipinski definition) is 2. The molecule has 76 valence electrons. The Bertz CT molecular complexity index is 291. The van der Waals surface area contributed by atoms with Crippen molar-refractivity contribution >= 4 is 12.6 Å². The van der Waals surface area contributed by atoms with Crippen molar-refractivity contribution in [3.63, 3.8) is 0 Å². The van der Waals surface area contributed by atoms with Crippen molar-refractivity contribution in [2.75, 3.05) is 13.7 Å². The predicted octanol–water partition coefficient (Wildman–Crippen LogP) is -0.690. The third kappa shape index (κ3) is 2.27. The van der Waals surface area contributed by atoms with Crippen molar-refractivity contribution in [3.05, 3.63) is 35.9 Å². The molecule has 2 rings (SSSR count). The van der Waals surface area contributed by atoms with Crippen molar-refractivity contribution in [1.82, 2.24) is 10.4 Å². The van der Waals surface area contributed by atoms with Crippen molar-refractivity contribution < 1.29 is 4.90 Å². The normalized spacial score (nSPS) is 28.1. The van der Waals surface area contributed by atoms with Gasteiger partial charge in [0.15, 0.2) is 0 Å². The molecule has 0 radical (unpaired) electrons. The number of hydrazine groups is 1. The molecule has 0 bridgehead atoms. The lowest BCUT2D eigenvalue weighted by Gasteiger charge is -2.23. The van der Waals surface area contributed by atoms with Crippen LogP contribution in [0.5, 0.6) is 0 Å². The second-order valence-corrected chi connectivity index (χ2v) is 4.16. The summed E-state index contributed by atoms with van der Waals surface area (Å²) in [7, 11) is 2.03. The first-order valence-corrected chi connectivity index (χ1v) is 5.24. The molecule has 1 aliphatic rings. The topological polar surface area (TPSA) is 19.7 Å². The smallest absolute Gasteiger partial charge is 0.145 e. The fourth-order valence-electron chi connectivity index (χ4n) is 1.73. The Labute approximate surface area is 90.1 Å². The van der Waals surface area contributed by atoms with Crippen molar-refractivity contribution in [3.8, 4) is 0 Å². The van der Waals surface area contributed by atoms with Gasteiger partial charge in [-0.3, -0.25) is 0 Å². The van der Waals surface area contributed by atoms with Crippen molar-refractivity contribution in [1.29, 1.82) is 0 Å². The Morgan fingerprint density at radius 1 is 1.50 bits per heavy atom. The van der Waals surface area contributed by atoms with E-state index in [9.17, 15) is 0 Å². The lowest BCUT2D eigenvalue weighted by molar-refractivity contribution is -0.916. The monoisotopic (exact) mass is 209 g/mol. The zero-order chi connectivity index (χ0) is 9.97. The molecule has 0 spiro atoms. The second-order valence-electron chi connectivity index (χ2n) is 3.69. The van der Waals surface area contributed by atoms with E-state index < -0.39 is 0 Å². The quantitative estimate of drug-likeness (QED) is 0.629. The molecule has 1 heterocycles. The summed E-state index contributed by atoms with van der Waals surface area (Å²) in [6.07, 6.45) is 0. The highest BCUT2D eigenvalue weighted by atomic mass is 32.1. The van der Waals surface area contributed by atoms with Crippen LogP contribution in [0.15, 0.2) is 30.3 Å². The highest BCUT2D eigenvalue weighted by Gasteiger charge is 2.22. The summed E-state index contributed by atoms with van der Waals surface area (Å²) < 4.78 is 0. The maximum atomic E-state index is 5.31. The molecule has 0 aliphatic carbocycles. The van der Waals surface area contributed by atoms with Crippen LogP contribution in [0, 0.1) is 0 Å². The van der Waals surface area contributed by atoms with Gasteiger partial charge in [-0.1, -0.05) is 30.3 Å². The van der Waals surface area contributed by atoms with Crippen molar-refractivity contribution in [2.24, 2.45) is 0 Å². The molecule has 1 aromatic rings. The fourth-order valence-corrected chi connectivity index (χ4v) is 2.07. The maximum absolute atomic E-state index is 5.31. The van der Waals surface area contributed by atoms with Gasteiger partial charge in [-0.05, 0) is 0 Å². The van der Waals surface area contributed by atoms with Gasteiger partial charge < -0.3 is 17.5 Å². The van der Waals surface area contributed by atoms with E-state index in [0.29, 0.717) is 0 Å². The van der Waals surface area contributed by atoms with E-state index in [4.69, 9.17) is 12.6 Å². The van der Waals surface area contributed by atoms with Gasteiger partial charge in [-0.2, -0.15) is 5.01 Å². The first-order chi connectivity index (χ1) is 6.75. The third-order valence-electron chi connectivity index (χ3n) is 2.42. The summed E-state index contributed by atoms with van der Waals surface area (Å²) in [6.45, 7) is 1.95.